The Labute approximate surface area is 177 Å². The molecule has 2 amide bonds. The minimum atomic E-state index is -0.214. The molecule has 0 unspecified atom stereocenters. The number of methoxy groups -OCH3 is 1. The maximum atomic E-state index is 13.3. The number of hydrogen-bond acceptors (Lipinski definition) is 7. The Balaban J connectivity index is 1.53. The number of morpholine rings is 2. The molecule has 8 nitrogen and oxygen atoms in total. The van der Waals surface area contributed by atoms with Crippen LogP contribution in [0.4, 0.5) is 0 Å². The average Bonchev–Trinajstić information content (AvgIpc) is 3.05. The van der Waals surface area contributed by atoms with Gasteiger partial charge in [0, 0.05) is 39.3 Å². The second kappa shape index (κ2) is 9.59. The van der Waals surface area contributed by atoms with Crippen LogP contribution in [0.2, 0.25) is 0 Å². The van der Waals surface area contributed by atoms with E-state index in [4.69, 9.17) is 14.2 Å². The van der Waals surface area contributed by atoms with Gasteiger partial charge in [0.15, 0.2) is 0 Å². The van der Waals surface area contributed by atoms with Crippen LogP contribution < -0.4 is 4.74 Å². The van der Waals surface area contributed by atoms with E-state index in [9.17, 15) is 9.59 Å². The predicted octanol–water partition coefficient (Wildman–Crippen LogP) is 0.830. The quantitative estimate of drug-likeness (QED) is 0.611. The van der Waals surface area contributed by atoms with Crippen LogP contribution in [0.3, 0.4) is 0 Å². The molecule has 2 fully saturated rings. The molecule has 3 aliphatic heterocycles. The van der Waals surface area contributed by atoms with Crippen molar-refractivity contribution in [3.05, 3.63) is 35.5 Å². The van der Waals surface area contributed by atoms with Crippen LogP contribution in [0.25, 0.3) is 5.57 Å². The van der Waals surface area contributed by atoms with E-state index in [1.54, 1.807) is 7.11 Å². The standard InChI is InChI=1S/C22H29N3O5/c1-28-18-5-3-17(4-6-18)19-20(24-11-15-30-16-12-24)22(27)25(21(19)26)8-2-7-23-9-13-29-14-10-23/h3-6H,2,7-16H2,1H3. The molecule has 0 N–H and O–H groups in total. The summed E-state index contributed by atoms with van der Waals surface area (Å²) >= 11 is 0. The second-order valence-electron chi connectivity index (χ2n) is 7.62. The van der Waals surface area contributed by atoms with Gasteiger partial charge in [0.25, 0.3) is 11.8 Å². The van der Waals surface area contributed by atoms with Gasteiger partial charge in [-0.15, -0.1) is 0 Å². The van der Waals surface area contributed by atoms with Crippen molar-refractivity contribution in [1.29, 1.82) is 0 Å². The molecule has 0 saturated carbocycles. The van der Waals surface area contributed by atoms with Crippen molar-refractivity contribution in [2.24, 2.45) is 0 Å². The first-order valence-corrected chi connectivity index (χ1v) is 10.6. The molecule has 4 rings (SSSR count). The Morgan fingerprint density at radius 2 is 1.50 bits per heavy atom. The van der Waals surface area contributed by atoms with Gasteiger partial charge in [0.1, 0.15) is 11.4 Å². The van der Waals surface area contributed by atoms with Crippen molar-refractivity contribution in [2.75, 3.05) is 72.8 Å². The molecule has 0 aliphatic carbocycles. The fourth-order valence-electron chi connectivity index (χ4n) is 4.14. The normalized spacial score (nSPS) is 21.0. The molecule has 30 heavy (non-hydrogen) atoms. The lowest BCUT2D eigenvalue weighted by Gasteiger charge is -2.30. The molecule has 1 aromatic carbocycles. The van der Waals surface area contributed by atoms with Crippen molar-refractivity contribution >= 4 is 17.4 Å². The van der Waals surface area contributed by atoms with Gasteiger partial charge in [-0.3, -0.25) is 19.4 Å². The number of ether oxygens (including phenoxy) is 3. The zero-order chi connectivity index (χ0) is 20.9. The van der Waals surface area contributed by atoms with Crippen LogP contribution in [0.15, 0.2) is 30.0 Å². The Morgan fingerprint density at radius 3 is 2.13 bits per heavy atom. The van der Waals surface area contributed by atoms with E-state index in [0.29, 0.717) is 49.9 Å². The minimum absolute atomic E-state index is 0.199. The van der Waals surface area contributed by atoms with Crippen molar-refractivity contribution in [1.82, 2.24) is 14.7 Å². The van der Waals surface area contributed by atoms with Crippen molar-refractivity contribution < 1.29 is 23.8 Å². The SMILES string of the molecule is COc1ccc(C2=C(N3CCOCC3)C(=O)N(CCCN3CCOCC3)C2=O)cc1. The smallest absolute Gasteiger partial charge is 0.277 e. The molecule has 2 saturated heterocycles. The highest BCUT2D eigenvalue weighted by molar-refractivity contribution is 6.35. The summed E-state index contributed by atoms with van der Waals surface area (Å²) in [6.45, 7) is 6.87. The Hall–Kier alpha value is -2.42. The van der Waals surface area contributed by atoms with Gasteiger partial charge in [-0.25, -0.2) is 0 Å². The lowest BCUT2D eigenvalue weighted by Crippen LogP contribution is -2.41. The van der Waals surface area contributed by atoms with Crippen molar-refractivity contribution in [3.8, 4) is 5.75 Å². The number of hydrogen-bond donors (Lipinski definition) is 0. The number of benzene rings is 1. The Bertz CT molecular complexity index is 795. The van der Waals surface area contributed by atoms with Gasteiger partial charge >= 0.3 is 0 Å². The minimum Gasteiger partial charge on any atom is -0.497 e. The number of amides is 2. The average molecular weight is 415 g/mol. The van der Waals surface area contributed by atoms with E-state index in [2.05, 4.69) is 4.90 Å². The highest BCUT2D eigenvalue weighted by Crippen LogP contribution is 2.33. The van der Waals surface area contributed by atoms with Gasteiger partial charge in [0.05, 0.1) is 39.1 Å². The highest BCUT2D eigenvalue weighted by atomic mass is 16.5. The van der Waals surface area contributed by atoms with Gasteiger partial charge in [-0.2, -0.15) is 0 Å². The first-order valence-electron chi connectivity index (χ1n) is 10.6. The molecule has 3 aliphatic rings. The van der Waals surface area contributed by atoms with Crippen molar-refractivity contribution in [3.63, 3.8) is 0 Å². The van der Waals surface area contributed by atoms with E-state index in [-0.39, 0.29) is 11.8 Å². The Morgan fingerprint density at radius 1 is 0.867 bits per heavy atom. The molecular weight excluding hydrogens is 386 g/mol. The van der Waals surface area contributed by atoms with E-state index >= 15 is 0 Å². The first-order chi connectivity index (χ1) is 14.7. The molecule has 0 radical (unpaired) electrons. The number of imide groups is 1. The summed E-state index contributed by atoms with van der Waals surface area (Å²) in [6.07, 6.45) is 0.754. The maximum absolute atomic E-state index is 13.3. The van der Waals surface area contributed by atoms with Crippen molar-refractivity contribution in [2.45, 2.75) is 6.42 Å². The highest BCUT2D eigenvalue weighted by Gasteiger charge is 2.41. The number of rotatable bonds is 7. The van der Waals surface area contributed by atoms with Gasteiger partial charge < -0.3 is 19.1 Å². The predicted molar refractivity (Wildman–Crippen MR) is 111 cm³/mol. The summed E-state index contributed by atoms with van der Waals surface area (Å²) in [7, 11) is 1.61. The molecule has 8 heteroatoms. The summed E-state index contributed by atoms with van der Waals surface area (Å²) in [5.74, 6) is 0.301. The summed E-state index contributed by atoms with van der Waals surface area (Å²) < 4.78 is 16.1. The zero-order valence-electron chi connectivity index (χ0n) is 17.5. The van der Waals surface area contributed by atoms with Crippen LogP contribution in [-0.2, 0) is 19.1 Å². The van der Waals surface area contributed by atoms with Crippen LogP contribution in [-0.4, -0.2) is 99.3 Å². The lowest BCUT2D eigenvalue weighted by molar-refractivity contribution is -0.138. The number of carbonyl (C=O) groups is 2. The largest absolute Gasteiger partial charge is 0.497 e. The van der Waals surface area contributed by atoms with E-state index in [1.807, 2.05) is 29.2 Å². The molecule has 0 aromatic heterocycles. The summed E-state index contributed by atoms with van der Waals surface area (Å²) in [5.41, 5.74) is 1.72. The summed E-state index contributed by atoms with van der Waals surface area (Å²) in [4.78, 5) is 32.4. The third-order valence-corrected chi connectivity index (χ3v) is 5.81. The number of carbonyl (C=O) groups excluding carboxylic acids is 2. The fraction of sp³-hybridized carbons (Fsp3) is 0.545. The molecular formula is C22H29N3O5. The van der Waals surface area contributed by atoms with Gasteiger partial charge in [0.2, 0.25) is 0 Å². The molecule has 0 bridgehead atoms. The van der Waals surface area contributed by atoms with Crippen LogP contribution in [0.1, 0.15) is 12.0 Å². The molecule has 0 atom stereocenters. The third-order valence-electron chi connectivity index (χ3n) is 5.81. The molecule has 0 spiro atoms. The number of nitrogens with zero attached hydrogens (tertiary/aromatic N) is 3. The monoisotopic (exact) mass is 415 g/mol. The van der Waals surface area contributed by atoms with Gasteiger partial charge in [-0.05, 0) is 24.1 Å². The first kappa shape index (κ1) is 20.8. The van der Waals surface area contributed by atoms with E-state index in [0.717, 1.165) is 44.8 Å². The zero-order valence-corrected chi connectivity index (χ0v) is 17.5. The molecule has 3 heterocycles. The molecule has 1 aromatic rings. The van der Waals surface area contributed by atoms with Crippen LogP contribution in [0, 0.1) is 0 Å². The van der Waals surface area contributed by atoms with Crippen LogP contribution >= 0.6 is 0 Å². The fourth-order valence-corrected chi connectivity index (χ4v) is 4.14. The molecule has 162 valence electrons. The lowest BCUT2D eigenvalue weighted by atomic mass is 10.0. The van der Waals surface area contributed by atoms with Gasteiger partial charge in [-0.1, -0.05) is 12.1 Å². The van der Waals surface area contributed by atoms with E-state index < -0.39 is 0 Å². The topological polar surface area (TPSA) is 71.6 Å². The Kier molecular flexibility index (Phi) is 6.66. The van der Waals surface area contributed by atoms with E-state index in [1.165, 1.54) is 4.90 Å². The summed E-state index contributed by atoms with van der Waals surface area (Å²) in [6, 6.07) is 7.32. The van der Waals surface area contributed by atoms with Crippen LogP contribution in [0.5, 0.6) is 5.75 Å². The third kappa shape index (κ3) is 4.35. The maximum Gasteiger partial charge on any atom is 0.277 e. The second-order valence-corrected chi connectivity index (χ2v) is 7.62. The summed E-state index contributed by atoms with van der Waals surface area (Å²) in [5, 5.41) is 0.